The molecular weight excluding hydrogens is 156 g/mol. The van der Waals surface area contributed by atoms with Crippen LogP contribution in [-0.4, -0.2) is 0 Å². The van der Waals surface area contributed by atoms with E-state index in [4.69, 9.17) is 0 Å². The Morgan fingerprint density at radius 1 is 1.54 bits per heavy atom. The van der Waals surface area contributed by atoms with Crippen LogP contribution in [0.2, 0.25) is 0 Å². The minimum atomic E-state index is 0.815. The highest BCUT2D eigenvalue weighted by molar-refractivity contribution is 5.27. The van der Waals surface area contributed by atoms with Crippen LogP contribution in [0.15, 0.2) is 17.4 Å². The summed E-state index contributed by atoms with van der Waals surface area (Å²) in [7, 11) is 0. The van der Waals surface area contributed by atoms with Crippen molar-refractivity contribution >= 4 is 0 Å². The third kappa shape index (κ3) is 2.74. The van der Waals surface area contributed by atoms with Gasteiger partial charge in [-0.1, -0.05) is 33.6 Å². The van der Waals surface area contributed by atoms with Gasteiger partial charge in [0.25, 0.3) is 0 Å². The van der Waals surface area contributed by atoms with Crippen molar-refractivity contribution in [2.24, 2.45) is 17.8 Å². The van der Waals surface area contributed by atoms with Crippen LogP contribution < -0.4 is 0 Å². The molecular formula is C13H22. The second-order valence-electron chi connectivity index (χ2n) is 4.41. The van der Waals surface area contributed by atoms with Crippen LogP contribution in [0, 0.1) is 17.8 Å². The van der Waals surface area contributed by atoms with Crippen LogP contribution in [0.25, 0.3) is 0 Å². The maximum absolute atomic E-state index is 3.36. The normalized spacial score (nSPS) is 28.2. The van der Waals surface area contributed by atoms with Gasteiger partial charge in [-0.15, -0.1) is 5.73 Å². The molecule has 1 saturated carbocycles. The Morgan fingerprint density at radius 3 is 2.77 bits per heavy atom. The molecule has 0 spiro atoms. The van der Waals surface area contributed by atoms with E-state index < -0.39 is 0 Å². The van der Waals surface area contributed by atoms with Gasteiger partial charge in [-0.2, -0.15) is 0 Å². The van der Waals surface area contributed by atoms with E-state index in [1.54, 1.807) is 5.57 Å². The molecule has 0 N–H and O–H groups in total. The molecule has 13 heavy (non-hydrogen) atoms. The van der Waals surface area contributed by atoms with E-state index in [1.165, 1.54) is 19.3 Å². The largest absolute Gasteiger partial charge is 0.126 e. The maximum Gasteiger partial charge on any atom is -0.00526 e. The van der Waals surface area contributed by atoms with Gasteiger partial charge in [-0.25, -0.2) is 0 Å². The van der Waals surface area contributed by atoms with Crippen molar-refractivity contribution in [1.29, 1.82) is 0 Å². The topological polar surface area (TPSA) is 0 Å². The first-order chi connectivity index (χ1) is 6.20. The molecule has 1 rings (SSSR count). The van der Waals surface area contributed by atoms with E-state index in [2.05, 4.69) is 39.5 Å². The van der Waals surface area contributed by atoms with Crippen LogP contribution in [0.5, 0.6) is 0 Å². The molecule has 1 aliphatic carbocycles. The fourth-order valence-corrected chi connectivity index (χ4v) is 2.25. The molecule has 3 atom stereocenters. The van der Waals surface area contributed by atoms with Crippen molar-refractivity contribution in [2.75, 3.05) is 0 Å². The summed E-state index contributed by atoms with van der Waals surface area (Å²) in [6.45, 7) is 9.04. The summed E-state index contributed by atoms with van der Waals surface area (Å²) in [5.41, 5.74) is 4.92. The summed E-state index contributed by atoms with van der Waals surface area (Å²) in [5, 5.41) is 0. The first kappa shape index (κ1) is 10.6. The Hall–Kier alpha value is -0.480. The summed E-state index contributed by atoms with van der Waals surface area (Å²) in [4.78, 5) is 0. The highest BCUT2D eigenvalue weighted by atomic mass is 14.4. The van der Waals surface area contributed by atoms with E-state index >= 15 is 0 Å². The Kier molecular flexibility index (Phi) is 3.81. The summed E-state index contributed by atoms with van der Waals surface area (Å²) in [5.74, 6) is 2.57. The van der Waals surface area contributed by atoms with Gasteiger partial charge < -0.3 is 0 Å². The molecule has 1 aliphatic rings. The fourth-order valence-electron chi connectivity index (χ4n) is 2.25. The van der Waals surface area contributed by atoms with Crippen molar-refractivity contribution in [1.82, 2.24) is 0 Å². The molecule has 0 heterocycles. The van der Waals surface area contributed by atoms with Gasteiger partial charge in [-0.05, 0) is 42.7 Å². The molecule has 0 nitrogen and oxygen atoms in total. The van der Waals surface area contributed by atoms with E-state index in [0.717, 1.165) is 17.8 Å². The molecule has 74 valence electrons. The lowest BCUT2D eigenvalue weighted by Gasteiger charge is -2.07. The zero-order chi connectivity index (χ0) is 9.84. The van der Waals surface area contributed by atoms with Gasteiger partial charge in [0.2, 0.25) is 0 Å². The monoisotopic (exact) mass is 178 g/mol. The first-order valence-electron chi connectivity index (χ1n) is 5.61. The number of allylic oxidation sites excluding steroid dienone is 1. The summed E-state index contributed by atoms with van der Waals surface area (Å²) < 4.78 is 0. The van der Waals surface area contributed by atoms with Crippen molar-refractivity contribution in [3.8, 4) is 0 Å². The fraction of sp³-hybridized carbons (Fsp3) is 0.769. The predicted molar refractivity (Wildman–Crippen MR) is 58.6 cm³/mol. The lowest BCUT2D eigenvalue weighted by Crippen LogP contribution is -1.95. The Balaban J connectivity index is 2.37. The summed E-state index contributed by atoms with van der Waals surface area (Å²) in [6.07, 6.45) is 6.14. The molecule has 1 fully saturated rings. The van der Waals surface area contributed by atoms with Crippen molar-refractivity contribution in [3.63, 3.8) is 0 Å². The number of hydrogen-bond acceptors (Lipinski definition) is 0. The SMILES string of the molecule is CC=C=C1C(C)C1CC(C)CCC. The molecule has 0 heteroatoms. The molecule has 0 aromatic rings. The van der Waals surface area contributed by atoms with E-state index in [-0.39, 0.29) is 0 Å². The molecule has 0 amide bonds. The van der Waals surface area contributed by atoms with Crippen LogP contribution >= 0.6 is 0 Å². The standard InChI is InChI=1S/C13H22/c1-5-7-10(3)9-13-11(4)12(13)8-6-2/h6,10-11,13H,5,7,9H2,1-4H3. The summed E-state index contributed by atoms with van der Waals surface area (Å²) >= 11 is 0. The van der Waals surface area contributed by atoms with E-state index in [1.807, 2.05) is 0 Å². The predicted octanol–water partition coefficient (Wildman–Crippen LogP) is 4.18. The van der Waals surface area contributed by atoms with Crippen molar-refractivity contribution < 1.29 is 0 Å². The number of hydrogen-bond donors (Lipinski definition) is 0. The van der Waals surface area contributed by atoms with Gasteiger partial charge in [-0.3, -0.25) is 0 Å². The molecule has 3 unspecified atom stereocenters. The Labute approximate surface area is 82.7 Å². The molecule has 0 saturated heterocycles. The van der Waals surface area contributed by atoms with E-state index in [0.29, 0.717) is 0 Å². The average molecular weight is 178 g/mol. The third-order valence-corrected chi connectivity index (χ3v) is 3.13. The second kappa shape index (κ2) is 4.67. The molecule has 0 radical (unpaired) electrons. The maximum atomic E-state index is 3.36. The van der Waals surface area contributed by atoms with E-state index in [9.17, 15) is 0 Å². The van der Waals surface area contributed by atoms with Gasteiger partial charge >= 0.3 is 0 Å². The highest BCUT2D eigenvalue weighted by Crippen LogP contribution is 2.48. The van der Waals surface area contributed by atoms with Crippen LogP contribution in [0.4, 0.5) is 0 Å². The third-order valence-electron chi connectivity index (χ3n) is 3.13. The van der Waals surface area contributed by atoms with Gasteiger partial charge in [0.1, 0.15) is 0 Å². The summed E-state index contributed by atoms with van der Waals surface area (Å²) in [6, 6.07) is 0. The first-order valence-corrected chi connectivity index (χ1v) is 5.61. The zero-order valence-electron chi connectivity index (χ0n) is 9.43. The van der Waals surface area contributed by atoms with Crippen molar-refractivity contribution in [3.05, 3.63) is 17.4 Å². The smallest absolute Gasteiger partial charge is 0.00526 e. The van der Waals surface area contributed by atoms with Crippen LogP contribution in [-0.2, 0) is 0 Å². The zero-order valence-corrected chi connectivity index (χ0v) is 9.43. The number of rotatable bonds is 4. The molecule has 0 aromatic carbocycles. The van der Waals surface area contributed by atoms with Gasteiger partial charge in [0.15, 0.2) is 0 Å². The minimum absolute atomic E-state index is 0.815. The van der Waals surface area contributed by atoms with Crippen molar-refractivity contribution in [2.45, 2.75) is 47.0 Å². The van der Waals surface area contributed by atoms with Gasteiger partial charge in [0.05, 0.1) is 0 Å². The minimum Gasteiger partial charge on any atom is -0.126 e. The highest BCUT2D eigenvalue weighted by Gasteiger charge is 2.40. The van der Waals surface area contributed by atoms with Crippen LogP contribution in [0.1, 0.15) is 47.0 Å². The lowest BCUT2D eigenvalue weighted by atomic mass is 9.98. The average Bonchev–Trinajstić information content (AvgIpc) is 2.64. The van der Waals surface area contributed by atoms with Gasteiger partial charge in [0, 0.05) is 0 Å². The lowest BCUT2D eigenvalue weighted by molar-refractivity contribution is 0.450. The Bertz CT molecular complexity index is 218. The quantitative estimate of drug-likeness (QED) is 0.566. The second-order valence-corrected chi connectivity index (χ2v) is 4.41. The van der Waals surface area contributed by atoms with Crippen LogP contribution in [0.3, 0.4) is 0 Å². The molecule has 0 aromatic heterocycles. The Morgan fingerprint density at radius 2 is 2.23 bits per heavy atom. The molecule has 0 aliphatic heterocycles. The molecule has 0 bridgehead atoms.